The highest BCUT2D eigenvalue weighted by Gasteiger charge is 2.18. The number of alkyl halides is 1. The van der Waals surface area contributed by atoms with Gasteiger partial charge < -0.3 is 0 Å². The summed E-state index contributed by atoms with van der Waals surface area (Å²) in [4.78, 5) is 3.89. The van der Waals surface area contributed by atoms with Crippen LogP contribution < -0.4 is 4.72 Å². The van der Waals surface area contributed by atoms with Crippen LogP contribution in [-0.2, 0) is 10.0 Å². The number of pyridine rings is 1. The van der Waals surface area contributed by atoms with E-state index in [1.54, 1.807) is 31.5 Å². The molecule has 0 bridgehead atoms. The fourth-order valence-electron chi connectivity index (χ4n) is 1.46. The summed E-state index contributed by atoms with van der Waals surface area (Å²) in [5.41, 5.74) is 0.891. The molecule has 0 fully saturated rings. The minimum Gasteiger partial charge on any atom is -0.265 e. The van der Waals surface area contributed by atoms with Crippen molar-refractivity contribution in [3.8, 4) is 0 Å². The summed E-state index contributed by atoms with van der Waals surface area (Å²) < 4.78 is 26.2. The third kappa shape index (κ3) is 5.02. The largest absolute Gasteiger partial charge is 0.265 e. The fourth-order valence-corrected chi connectivity index (χ4v) is 3.33. The van der Waals surface area contributed by atoms with Crippen molar-refractivity contribution in [2.45, 2.75) is 19.9 Å². The molecule has 1 aromatic rings. The van der Waals surface area contributed by atoms with Gasteiger partial charge in [0.1, 0.15) is 0 Å². The van der Waals surface area contributed by atoms with Crippen molar-refractivity contribution in [3.05, 3.63) is 30.1 Å². The van der Waals surface area contributed by atoms with Crippen LogP contribution in [0.2, 0.25) is 0 Å². The molecule has 1 rings (SSSR count). The fraction of sp³-hybridized carbons (Fsp3) is 0.545. The van der Waals surface area contributed by atoms with Crippen molar-refractivity contribution in [3.63, 3.8) is 0 Å². The minimum atomic E-state index is -3.30. The van der Waals surface area contributed by atoms with E-state index in [1.165, 1.54) is 0 Å². The van der Waals surface area contributed by atoms with Crippen molar-refractivity contribution >= 4 is 21.6 Å². The molecule has 1 aromatic heterocycles. The molecule has 0 spiro atoms. The molecule has 0 amide bonds. The van der Waals surface area contributed by atoms with E-state index in [1.807, 2.05) is 6.92 Å². The molecule has 2 atom stereocenters. The normalized spacial score (nSPS) is 15.5. The van der Waals surface area contributed by atoms with Crippen molar-refractivity contribution in [2.24, 2.45) is 5.92 Å². The molecule has 1 heterocycles. The quantitative estimate of drug-likeness (QED) is 0.808. The summed E-state index contributed by atoms with van der Waals surface area (Å²) in [6.45, 7) is 3.61. The Balaban J connectivity index is 2.65. The van der Waals surface area contributed by atoms with Gasteiger partial charge in [-0.05, 0) is 30.5 Å². The van der Waals surface area contributed by atoms with E-state index in [9.17, 15) is 8.42 Å². The first-order valence-corrected chi connectivity index (χ1v) is 7.59. The predicted octanol–water partition coefficient (Wildman–Crippen LogP) is 1.94. The SMILES string of the molecule is CC(CCl)CS(=O)(=O)NC(C)c1ccncc1. The van der Waals surface area contributed by atoms with Gasteiger partial charge in [0.25, 0.3) is 0 Å². The maximum atomic E-state index is 11.8. The average molecular weight is 277 g/mol. The molecule has 4 nitrogen and oxygen atoms in total. The molecule has 1 N–H and O–H groups in total. The number of sulfonamides is 1. The van der Waals surface area contributed by atoms with Crippen molar-refractivity contribution in [2.75, 3.05) is 11.6 Å². The van der Waals surface area contributed by atoms with Crippen LogP contribution in [0.15, 0.2) is 24.5 Å². The van der Waals surface area contributed by atoms with Gasteiger partial charge in [0.2, 0.25) is 10.0 Å². The number of nitrogens with one attached hydrogen (secondary N) is 1. The molecule has 0 saturated carbocycles. The zero-order valence-electron chi connectivity index (χ0n) is 9.93. The Hall–Kier alpha value is -0.650. The second-order valence-corrected chi connectivity index (χ2v) is 6.27. The lowest BCUT2D eigenvalue weighted by atomic mass is 10.1. The maximum Gasteiger partial charge on any atom is 0.212 e. The van der Waals surface area contributed by atoms with Crippen LogP contribution in [0.5, 0.6) is 0 Å². The molecule has 0 aliphatic rings. The van der Waals surface area contributed by atoms with Gasteiger partial charge in [-0.15, -0.1) is 11.6 Å². The lowest BCUT2D eigenvalue weighted by Gasteiger charge is -2.16. The Labute approximate surface area is 107 Å². The standard InChI is InChI=1S/C11H17ClN2O2S/c1-9(7-12)8-17(15,16)14-10(2)11-3-5-13-6-4-11/h3-6,9-10,14H,7-8H2,1-2H3. The molecule has 6 heteroatoms. The van der Waals surface area contributed by atoms with Gasteiger partial charge >= 0.3 is 0 Å². The number of halogens is 1. The van der Waals surface area contributed by atoms with E-state index >= 15 is 0 Å². The van der Waals surface area contributed by atoms with Gasteiger partial charge in [0.15, 0.2) is 0 Å². The predicted molar refractivity (Wildman–Crippen MR) is 69.5 cm³/mol. The van der Waals surface area contributed by atoms with E-state index in [2.05, 4.69) is 9.71 Å². The van der Waals surface area contributed by atoms with Crippen LogP contribution in [0, 0.1) is 5.92 Å². The van der Waals surface area contributed by atoms with E-state index in [4.69, 9.17) is 11.6 Å². The van der Waals surface area contributed by atoms with Crippen molar-refractivity contribution in [1.82, 2.24) is 9.71 Å². The Morgan fingerprint density at radius 3 is 2.47 bits per heavy atom. The van der Waals surface area contributed by atoms with E-state index in [0.717, 1.165) is 5.56 Å². The van der Waals surface area contributed by atoms with Gasteiger partial charge in [0.05, 0.1) is 5.75 Å². The van der Waals surface area contributed by atoms with Gasteiger partial charge in [-0.25, -0.2) is 13.1 Å². The number of nitrogens with zero attached hydrogens (tertiary/aromatic N) is 1. The number of aromatic nitrogens is 1. The highest BCUT2D eigenvalue weighted by molar-refractivity contribution is 7.89. The molecular formula is C11H17ClN2O2S. The smallest absolute Gasteiger partial charge is 0.212 e. The Bertz CT molecular complexity index is 436. The summed E-state index contributed by atoms with van der Waals surface area (Å²) in [5.74, 6) is 0.329. The van der Waals surface area contributed by atoms with E-state index in [0.29, 0.717) is 5.88 Å². The molecule has 0 aliphatic heterocycles. The first kappa shape index (κ1) is 14.4. The second kappa shape index (κ2) is 6.33. The Morgan fingerprint density at radius 1 is 1.35 bits per heavy atom. The first-order valence-electron chi connectivity index (χ1n) is 5.40. The monoisotopic (exact) mass is 276 g/mol. The summed E-state index contributed by atoms with van der Waals surface area (Å²) >= 11 is 5.61. The van der Waals surface area contributed by atoms with Crippen molar-refractivity contribution < 1.29 is 8.42 Å². The van der Waals surface area contributed by atoms with E-state index < -0.39 is 10.0 Å². The van der Waals surface area contributed by atoms with Crippen LogP contribution in [0.1, 0.15) is 25.5 Å². The number of rotatable bonds is 6. The highest BCUT2D eigenvalue weighted by Crippen LogP contribution is 2.13. The van der Waals surface area contributed by atoms with Gasteiger partial charge in [-0.1, -0.05) is 6.92 Å². The molecular weight excluding hydrogens is 260 g/mol. The molecule has 17 heavy (non-hydrogen) atoms. The van der Waals surface area contributed by atoms with Crippen LogP contribution in [0.25, 0.3) is 0 Å². The summed E-state index contributed by atoms with van der Waals surface area (Å²) in [7, 11) is -3.30. The van der Waals surface area contributed by atoms with Crippen molar-refractivity contribution in [1.29, 1.82) is 0 Å². The Morgan fingerprint density at radius 2 is 1.94 bits per heavy atom. The summed E-state index contributed by atoms with van der Waals surface area (Å²) in [6.07, 6.45) is 3.28. The van der Waals surface area contributed by atoms with Crippen LogP contribution >= 0.6 is 11.6 Å². The highest BCUT2D eigenvalue weighted by atomic mass is 35.5. The van der Waals surface area contributed by atoms with Gasteiger partial charge in [-0.3, -0.25) is 4.98 Å². The number of hydrogen-bond acceptors (Lipinski definition) is 3. The molecule has 0 aliphatic carbocycles. The average Bonchev–Trinajstić information content (AvgIpc) is 2.28. The zero-order chi connectivity index (χ0) is 12.9. The minimum absolute atomic E-state index is 0.0475. The van der Waals surface area contributed by atoms with Crippen LogP contribution in [-0.4, -0.2) is 25.0 Å². The lowest BCUT2D eigenvalue weighted by Crippen LogP contribution is -2.31. The lowest BCUT2D eigenvalue weighted by molar-refractivity contribution is 0.555. The number of hydrogen-bond donors (Lipinski definition) is 1. The van der Waals surface area contributed by atoms with Crippen LogP contribution in [0.4, 0.5) is 0 Å². The summed E-state index contributed by atoms with van der Waals surface area (Å²) in [6, 6.07) is 3.32. The van der Waals surface area contributed by atoms with Gasteiger partial charge in [0, 0.05) is 24.3 Å². The summed E-state index contributed by atoms with van der Waals surface area (Å²) in [5, 5.41) is 0. The third-order valence-corrected chi connectivity index (χ3v) is 4.58. The molecule has 0 radical (unpaired) electrons. The molecule has 2 unspecified atom stereocenters. The second-order valence-electron chi connectivity index (χ2n) is 4.16. The first-order chi connectivity index (χ1) is 7.94. The molecule has 0 aromatic carbocycles. The molecule has 96 valence electrons. The van der Waals surface area contributed by atoms with E-state index in [-0.39, 0.29) is 17.7 Å². The van der Waals surface area contributed by atoms with Gasteiger partial charge in [-0.2, -0.15) is 0 Å². The molecule has 0 saturated heterocycles. The third-order valence-electron chi connectivity index (χ3n) is 2.33. The van der Waals surface area contributed by atoms with Crippen LogP contribution in [0.3, 0.4) is 0 Å². The Kier molecular flexibility index (Phi) is 5.36. The maximum absolute atomic E-state index is 11.8. The zero-order valence-corrected chi connectivity index (χ0v) is 11.5. The topological polar surface area (TPSA) is 59.1 Å².